The van der Waals surface area contributed by atoms with Crippen molar-refractivity contribution in [3.63, 3.8) is 0 Å². The molecule has 0 saturated carbocycles. The van der Waals surface area contributed by atoms with Gasteiger partial charge >= 0.3 is 5.97 Å². The highest BCUT2D eigenvalue weighted by atomic mass is 16.4. The van der Waals surface area contributed by atoms with E-state index in [0.29, 0.717) is 26.2 Å². The van der Waals surface area contributed by atoms with Gasteiger partial charge in [-0.3, -0.25) is 14.4 Å². The number of rotatable bonds is 5. The Balaban J connectivity index is 2.42. The van der Waals surface area contributed by atoms with Crippen molar-refractivity contribution in [1.29, 1.82) is 0 Å². The summed E-state index contributed by atoms with van der Waals surface area (Å²) in [4.78, 5) is 37.7. The molecule has 1 saturated heterocycles. The van der Waals surface area contributed by atoms with Crippen LogP contribution in [0.15, 0.2) is 0 Å². The van der Waals surface area contributed by atoms with E-state index in [0.717, 1.165) is 0 Å². The molecule has 3 N–H and O–H groups in total. The summed E-state index contributed by atoms with van der Waals surface area (Å²) in [6.45, 7) is 5.63. The lowest BCUT2D eigenvalue weighted by Crippen LogP contribution is -2.54. The van der Waals surface area contributed by atoms with Crippen LogP contribution in [0.2, 0.25) is 0 Å². The fraction of sp³-hybridized carbons (Fsp3) is 0.769. The lowest BCUT2D eigenvalue weighted by molar-refractivity contribution is -0.142. The average molecular weight is 285 g/mol. The Labute approximate surface area is 118 Å². The molecule has 0 aromatic rings. The van der Waals surface area contributed by atoms with Crippen molar-refractivity contribution < 1.29 is 19.5 Å². The maximum absolute atomic E-state index is 12.0. The fourth-order valence-corrected chi connectivity index (χ4v) is 2.15. The molecule has 114 valence electrons. The Bertz CT molecular complexity index is 376. The van der Waals surface area contributed by atoms with Crippen molar-refractivity contribution in [3.05, 3.63) is 0 Å². The van der Waals surface area contributed by atoms with E-state index < -0.39 is 12.0 Å². The molecule has 7 nitrogen and oxygen atoms in total. The number of amides is 2. The molecule has 1 unspecified atom stereocenters. The van der Waals surface area contributed by atoms with Crippen molar-refractivity contribution in [2.75, 3.05) is 26.2 Å². The first-order valence-electron chi connectivity index (χ1n) is 6.88. The van der Waals surface area contributed by atoms with Crippen molar-refractivity contribution >= 4 is 17.8 Å². The third kappa shape index (κ3) is 4.48. The molecule has 1 heterocycles. The number of hydrogen-bond acceptors (Lipinski definition) is 4. The number of carbonyl (C=O) groups excluding carboxylic acids is 2. The Morgan fingerprint density at radius 2 is 1.50 bits per heavy atom. The van der Waals surface area contributed by atoms with E-state index in [4.69, 9.17) is 10.8 Å². The van der Waals surface area contributed by atoms with Gasteiger partial charge in [-0.1, -0.05) is 13.8 Å². The predicted octanol–water partition coefficient (Wildman–Crippen LogP) is -0.495. The molecule has 1 rings (SSSR count). The van der Waals surface area contributed by atoms with Crippen molar-refractivity contribution in [2.45, 2.75) is 32.7 Å². The largest absolute Gasteiger partial charge is 0.481 e. The summed E-state index contributed by atoms with van der Waals surface area (Å²) in [5.41, 5.74) is 5.70. The monoisotopic (exact) mass is 285 g/mol. The van der Waals surface area contributed by atoms with E-state index in [9.17, 15) is 14.4 Å². The van der Waals surface area contributed by atoms with Gasteiger partial charge in [-0.25, -0.2) is 0 Å². The molecule has 2 amide bonds. The number of carboxylic acids is 1. The fourth-order valence-electron chi connectivity index (χ4n) is 2.15. The van der Waals surface area contributed by atoms with Gasteiger partial charge < -0.3 is 20.6 Å². The minimum atomic E-state index is -0.958. The summed E-state index contributed by atoms with van der Waals surface area (Å²) >= 11 is 0. The summed E-state index contributed by atoms with van der Waals surface area (Å²) in [6, 6.07) is -0.779. The van der Waals surface area contributed by atoms with Gasteiger partial charge in [-0.2, -0.15) is 0 Å². The maximum atomic E-state index is 12.0. The zero-order chi connectivity index (χ0) is 15.3. The molecular formula is C13H23N3O4. The molecule has 1 fully saturated rings. The summed E-state index contributed by atoms with van der Waals surface area (Å²) in [7, 11) is 0. The Morgan fingerprint density at radius 1 is 1.05 bits per heavy atom. The number of nitrogens with two attached hydrogens (primary N) is 1. The highest BCUT2D eigenvalue weighted by Crippen LogP contribution is 2.09. The Morgan fingerprint density at radius 3 is 1.90 bits per heavy atom. The highest BCUT2D eigenvalue weighted by Gasteiger charge is 2.28. The van der Waals surface area contributed by atoms with Crippen LogP contribution in [0.25, 0.3) is 0 Å². The first kappa shape index (κ1) is 16.4. The van der Waals surface area contributed by atoms with Crippen molar-refractivity contribution in [1.82, 2.24) is 9.80 Å². The van der Waals surface area contributed by atoms with Crippen LogP contribution in [0.3, 0.4) is 0 Å². The van der Waals surface area contributed by atoms with E-state index in [-0.39, 0.29) is 30.6 Å². The van der Waals surface area contributed by atoms with Gasteiger partial charge in [-0.15, -0.1) is 0 Å². The van der Waals surface area contributed by atoms with Crippen LogP contribution in [0.1, 0.15) is 26.7 Å². The second-order valence-electron chi connectivity index (χ2n) is 5.34. The van der Waals surface area contributed by atoms with Crippen LogP contribution in [-0.4, -0.2) is 64.9 Å². The van der Waals surface area contributed by atoms with Crippen LogP contribution in [0.5, 0.6) is 0 Å². The lowest BCUT2D eigenvalue weighted by Gasteiger charge is -2.36. The second-order valence-corrected chi connectivity index (χ2v) is 5.34. The molecule has 0 spiro atoms. The number of aliphatic carboxylic acids is 1. The van der Waals surface area contributed by atoms with Crippen LogP contribution in [0.4, 0.5) is 0 Å². The Hall–Kier alpha value is -1.63. The molecule has 0 aliphatic carbocycles. The number of piperazine rings is 1. The minimum absolute atomic E-state index is 0.0462. The van der Waals surface area contributed by atoms with Crippen LogP contribution in [0, 0.1) is 5.92 Å². The summed E-state index contributed by atoms with van der Waals surface area (Å²) in [6.07, 6.45) is 0.0258. The predicted molar refractivity (Wildman–Crippen MR) is 72.8 cm³/mol. The lowest BCUT2D eigenvalue weighted by atomic mass is 10.1. The average Bonchev–Trinajstić information content (AvgIpc) is 2.43. The van der Waals surface area contributed by atoms with Crippen molar-refractivity contribution in [2.24, 2.45) is 11.7 Å². The third-order valence-electron chi connectivity index (χ3n) is 3.38. The zero-order valence-corrected chi connectivity index (χ0v) is 12.0. The molecular weight excluding hydrogens is 262 g/mol. The molecule has 1 aliphatic heterocycles. The van der Waals surface area contributed by atoms with Crippen LogP contribution < -0.4 is 5.73 Å². The van der Waals surface area contributed by atoms with Gasteiger partial charge in [0.1, 0.15) is 0 Å². The van der Waals surface area contributed by atoms with Gasteiger partial charge in [-0.05, 0) is 6.42 Å². The number of hydrogen-bond donors (Lipinski definition) is 2. The molecule has 7 heteroatoms. The highest BCUT2D eigenvalue weighted by molar-refractivity contribution is 5.83. The third-order valence-corrected chi connectivity index (χ3v) is 3.38. The molecule has 0 bridgehead atoms. The molecule has 20 heavy (non-hydrogen) atoms. The van der Waals surface area contributed by atoms with E-state index in [1.54, 1.807) is 9.80 Å². The van der Waals surface area contributed by atoms with E-state index in [2.05, 4.69) is 0 Å². The molecule has 1 aliphatic rings. The quantitative estimate of drug-likeness (QED) is 0.709. The van der Waals surface area contributed by atoms with E-state index in [1.807, 2.05) is 13.8 Å². The standard InChI is InChI=1S/C13H23N3O4/c1-9(2)12(19)15-5-7-16(8-6-15)13(20)10(14)3-4-11(17)18/h9-10H,3-8,14H2,1-2H3,(H,17,18). The number of nitrogens with zero attached hydrogens (tertiary/aromatic N) is 2. The van der Waals surface area contributed by atoms with Gasteiger partial charge in [0.15, 0.2) is 0 Å². The van der Waals surface area contributed by atoms with E-state index >= 15 is 0 Å². The van der Waals surface area contributed by atoms with Crippen LogP contribution >= 0.6 is 0 Å². The summed E-state index contributed by atoms with van der Waals surface area (Å²) < 4.78 is 0. The van der Waals surface area contributed by atoms with Gasteiger partial charge in [0.2, 0.25) is 11.8 Å². The maximum Gasteiger partial charge on any atom is 0.303 e. The smallest absolute Gasteiger partial charge is 0.303 e. The molecule has 0 aromatic carbocycles. The van der Waals surface area contributed by atoms with Crippen molar-refractivity contribution in [3.8, 4) is 0 Å². The van der Waals surface area contributed by atoms with E-state index in [1.165, 1.54) is 0 Å². The van der Waals surface area contributed by atoms with Crippen LogP contribution in [-0.2, 0) is 14.4 Å². The zero-order valence-electron chi connectivity index (χ0n) is 12.0. The second kappa shape index (κ2) is 7.23. The molecule has 0 radical (unpaired) electrons. The topological polar surface area (TPSA) is 104 Å². The first-order chi connectivity index (χ1) is 9.32. The number of carboxylic acid groups (broad SMARTS) is 1. The minimum Gasteiger partial charge on any atom is -0.481 e. The normalized spacial score (nSPS) is 17.2. The number of carbonyl (C=O) groups is 3. The SMILES string of the molecule is CC(C)C(=O)N1CCN(C(=O)C(N)CCC(=O)O)CC1. The Kier molecular flexibility index (Phi) is 5.94. The summed E-state index contributed by atoms with van der Waals surface area (Å²) in [5, 5.41) is 8.58. The summed E-state index contributed by atoms with van der Waals surface area (Å²) in [5.74, 6) is -1.15. The molecule has 0 aromatic heterocycles. The van der Waals surface area contributed by atoms with Gasteiger partial charge in [0.05, 0.1) is 6.04 Å². The first-order valence-corrected chi connectivity index (χ1v) is 6.88. The van der Waals surface area contributed by atoms with Gasteiger partial charge in [0.25, 0.3) is 0 Å². The molecule has 1 atom stereocenters. The van der Waals surface area contributed by atoms with Gasteiger partial charge in [0, 0.05) is 38.5 Å².